The molecule has 96 valence electrons. The molecule has 2 aromatic rings. The highest BCUT2D eigenvalue weighted by Gasteiger charge is 2.18. The molecule has 18 heavy (non-hydrogen) atoms. The Balaban J connectivity index is 1.94. The number of fused-ring (bicyclic) bond motifs is 1. The van der Waals surface area contributed by atoms with Crippen molar-refractivity contribution in [2.24, 2.45) is 0 Å². The molecule has 0 unspecified atom stereocenters. The average Bonchev–Trinajstić information content (AvgIpc) is 2.84. The number of hydrogen-bond acceptors (Lipinski definition) is 6. The topological polar surface area (TPSA) is 81.1 Å². The second kappa shape index (κ2) is 4.53. The van der Waals surface area contributed by atoms with Crippen LogP contribution in [0.5, 0.6) is 0 Å². The lowest BCUT2D eigenvalue weighted by molar-refractivity contribution is 0.220. The lowest BCUT2D eigenvalue weighted by Gasteiger charge is -2.27. The number of pyridine rings is 1. The van der Waals surface area contributed by atoms with E-state index in [-0.39, 0.29) is 0 Å². The second-order valence-electron chi connectivity index (χ2n) is 4.86. The van der Waals surface area contributed by atoms with E-state index in [0.717, 1.165) is 30.9 Å². The molecular formula is C12H17N5O. The van der Waals surface area contributed by atoms with E-state index in [0.29, 0.717) is 16.9 Å². The van der Waals surface area contributed by atoms with Gasteiger partial charge in [-0.3, -0.25) is 4.90 Å². The Morgan fingerprint density at radius 3 is 2.78 bits per heavy atom. The molecule has 3 heterocycles. The first-order chi connectivity index (χ1) is 8.75. The number of anilines is 1. The maximum absolute atomic E-state index is 6.15. The number of nitrogen functional groups attached to an aromatic ring is 1. The van der Waals surface area contributed by atoms with Crippen molar-refractivity contribution in [2.75, 3.05) is 18.8 Å². The van der Waals surface area contributed by atoms with Crippen LogP contribution in [0.25, 0.3) is 11.2 Å². The molecule has 0 bridgehead atoms. The molecule has 1 fully saturated rings. The maximum atomic E-state index is 6.15. The minimum atomic E-state index is 0.493. The van der Waals surface area contributed by atoms with Crippen molar-refractivity contribution in [1.29, 1.82) is 0 Å². The fraction of sp³-hybridized carbons (Fsp3) is 0.583. The summed E-state index contributed by atoms with van der Waals surface area (Å²) >= 11 is 0. The number of aromatic nitrogens is 3. The van der Waals surface area contributed by atoms with E-state index in [9.17, 15) is 0 Å². The van der Waals surface area contributed by atoms with E-state index in [4.69, 9.17) is 5.73 Å². The quantitative estimate of drug-likeness (QED) is 0.866. The molecule has 0 spiro atoms. The molecule has 0 atom stereocenters. The van der Waals surface area contributed by atoms with Crippen LogP contribution in [-0.4, -0.2) is 33.3 Å². The first kappa shape index (κ1) is 11.4. The molecule has 2 N–H and O–H groups in total. The fourth-order valence-electron chi connectivity index (χ4n) is 2.53. The Hall–Kier alpha value is -1.69. The highest BCUT2D eigenvalue weighted by atomic mass is 16.6. The van der Waals surface area contributed by atoms with Crippen molar-refractivity contribution in [3.05, 3.63) is 11.3 Å². The molecule has 3 rings (SSSR count). The van der Waals surface area contributed by atoms with Gasteiger partial charge in [0.1, 0.15) is 0 Å². The average molecular weight is 247 g/mol. The summed E-state index contributed by atoms with van der Waals surface area (Å²) in [5, 5.41) is 7.56. The van der Waals surface area contributed by atoms with E-state index in [1.54, 1.807) is 0 Å². The van der Waals surface area contributed by atoms with Gasteiger partial charge in [0.05, 0.1) is 5.69 Å². The summed E-state index contributed by atoms with van der Waals surface area (Å²) in [4.78, 5) is 6.81. The lowest BCUT2D eigenvalue weighted by Crippen LogP contribution is -2.29. The van der Waals surface area contributed by atoms with E-state index in [1.165, 1.54) is 19.3 Å². The van der Waals surface area contributed by atoms with E-state index < -0.39 is 0 Å². The molecule has 1 aliphatic heterocycles. The van der Waals surface area contributed by atoms with Gasteiger partial charge in [0.15, 0.2) is 5.52 Å². The number of likely N-dealkylation sites (tertiary alicyclic amines) is 1. The number of hydrogen-bond donors (Lipinski definition) is 1. The minimum Gasteiger partial charge on any atom is -0.396 e. The third-order valence-corrected chi connectivity index (χ3v) is 3.59. The highest BCUT2D eigenvalue weighted by molar-refractivity contribution is 5.85. The zero-order valence-electron chi connectivity index (χ0n) is 10.5. The largest absolute Gasteiger partial charge is 0.396 e. The Labute approximate surface area is 105 Å². The summed E-state index contributed by atoms with van der Waals surface area (Å²) in [6.45, 7) is 5.07. The Morgan fingerprint density at radius 2 is 2.00 bits per heavy atom. The van der Waals surface area contributed by atoms with Gasteiger partial charge in [-0.15, -0.1) is 0 Å². The van der Waals surface area contributed by atoms with E-state index in [2.05, 4.69) is 24.8 Å². The minimum absolute atomic E-state index is 0.493. The number of aryl methyl sites for hydroxylation is 1. The molecule has 0 saturated carbocycles. The number of nitrogens with two attached hydrogens (primary N) is 1. The smallest absolute Gasteiger partial charge is 0.226 e. The van der Waals surface area contributed by atoms with Gasteiger partial charge in [0.25, 0.3) is 0 Å². The van der Waals surface area contributed by atoms with Gasteiger partial charge < -0.3 is 5.73 Å². The summed E-state index contributed by atoms with van der Waals surface area (Å²) < 4.78 is 4.69. The highest BCUT2D eigenvalue weighted by Crippen LogP contribution is 2.25. The van der Waals surface area contributed by atoms with Gasteiger partial charge in [-0.2, -0.15) is 0 Å². The van der Waals surface area contributed by atoms with Crippen molar-refractivity contribution >= 4 is 16.9 Å². The van der Waals surface area contributed by atoms with Crippen LogP contribution in [0, 0.1) is 6.92 Å². The summed E-state index contributed by atoms with van der Waals surface area (Å²) in [5.74, 6) is 0. The monoisotopic (exact) mass is 247 g/mol. The van der Waals surface area contributed by atoms with Crippen molar-refractivity contribution < 1.29 is 4.63 Å². The van der Waals surface area contributed by atoms with E-state index >= 15 is 0 Å². The molecule has 0 radical (unpaired) electrons. The van der Waals surface area contributed by atoms with Crippen LogP contribution in [0.4, 0.5) is 5.69 Å². The second-order valence-corrected chi connectivity index (χ2v) is 4.86. The number of piperidine rings is 1. The zero-order valence-corrected chi connectivity index (χ0v) is 10.5. The van der Waals surface area contributed by atoms with Crippen LogP contribution >= 0.6 is 0 Å². The summed E-state index contributed by atoms with van der Waals surface area (Å²) in [6, 6.07) is 0. The van der Waals surface area contributed by atoms with Gasteiger partial charge in [0, 0.05) is 17.8 Å². The van der Waals surface area contributed by atoms with Gasteiger partial charge >= 0.3 is 0 Å². The molecule has 6 heteroatoms. The molecular weight excluding hydrogens is 230 g/mol. The van der Waals surface area contributed by atoms with Crippen molar-refractivity contribution in [3.8, 4) is 0 Å². The van der Waals surface area contributed by atoms with Gasteiger partial charge in [-0.25, -0.2) is 9.61 Å². The van der Waals surface area contributed by atoms with Gasteiger partial charge in [-0.1, -0.05) is 6.42 Å². The predicted molar refractivity (Wildman–Crippen MR) is 67.9 cm³/mol. The van der Waals surface area contributed by atoms with Crippen molar-refractivity contribution in [2.45, 2.75) is 32.7 Å². The Kier molecular flexibility index (Phi) is 2.87. The molecule has 1 saturated heterocycles. The Bertz CT molecular complexity index is 559. The summed E-state index contributed by atoms with van der Waals surface area (Å²) in [5.41, 5.74) is 9.85. The van der Waals surface area contributed by atoms with Crippen LogP contribution in [-0.2, 0) is 6.54 Å². The molecule has 6 nitrogen and oxygen atoms in total. The van der Waals surface area contributed by atoms with Crippen LogP contribution in [0.15, 0.2) is 4.63 Å². The third kappa shape index (κ3) is 1.92. The predicted octanol–water partition coefficient (Wildman–Crippen LogP) is 1.49. The standard InChI is InChI=1S/C12H17N5O/c1-8-9(7-17-5-3-2-4-6-17)10(13)11-12(14-8)16-18-15-11/h2-7,13H2,1H3. The summed E-state index contributed by atoms with van der Waals surface area (Å²) in [6.07, 6.45) is 3.86. The molecule has 0 aliphatic carbocycles. The van der Waals surface area contributed by atoms with E-state index in [1.807, 2.05) is 6.92 Å². The van der Waals surface area contributed by atoms with Gasteiger partial charge in [-0.05, 0) is 43.2 Å². The maximum Gasteiger partial charge on any atom is 0.226 e. The van der Waals surface area contributed by atoms with Crippen LogP contribution in [0.1, 0.15) is 30.5 Å². The molecule has 2 aromatic heterocycles. The first-order valence-electron chi connectivity index (χ1n) is 6.35. The van der Waals surface area contributed by atoms with Crippen LogP contribution < -0.4 is 5.73 Å². The zero-order chi connectivity index (χ0) is 12.5. The van der Waals surface area contributed by atoms with Crippen LogP contribution in [0.3, 0.4) is 0 Å². The third-order valence-electron chi connectivity index (χ3n) is 3.59. The normalized spacial score (nSPS) is 17.4. The molecule has 0 amide bonds. The number of nitrogens with zero attached hydrogens (tertiary/aromatic N) is 4. The number of rotatable bonds is 2. The lowest BCUT2D eigenvalue weighted by atomic mass is 10.1. The van der Waals surface area contributed by atoms with Crippen molar-refractivity contribution in [3.63, 3.8) is 0 Å². The summed E-state index contributed by atoms with van der Waals surface area (Å²) in [7, 11) is 0. The molecule has 0 aromatic carbocycles. The molecule has 1 aliphatic rings. The first-order valence-corrected chi connectivity index (χ1v) is 6.35. The Morgan fingerprint density at radius 1 is 1.22 bits per heavy atom. The van der Waals surface area contributed by atoms with Crippen LogP contribution in [0.2, 0.25) is 0 Å². The van der Waals surface area contributed by atoms with Gasteiger partial charge in [0.2, 0.25) is 5.65 Å². The fourth-order valence-corrected chi connectivity index (χ4v) is 2.53. The van der Waals surface area contributed by atoms with Crippen molar-refractivity contribution in [1.82, 2.24) is 20.2 Å². The SMILES string of the molecule is Cc1nc2nonc2c(N)c1CN1CCCCC1.